The Morgan fingerprint density at radius 1 is 1.43 bits per heavy atom. The van der Waals surface area contributed by atoms with E-state index < -0.39 is 9.05 Å². The Kier molecular flexibility index (Phi) is 3.43. The number of benzene rings is 1. The monoisotopic (exact) mass is 313 g/mol. The Balaban J connectivity index is 3.72. The first-order chi connectivity index (χ1) is 6.38. The molecule has 74 valence electrons. The third-order valence-corrected chi connectivity index (χ3v) is 4.18. The third kappa shape index (κ3) is 2.20. The summed E-state index contributed by atoms with van der Waals surface area (Å²) in [5.41, 5.74) is -0.0757. The fourth-order valence-corrected chi connectivity index (χ4v) is 3.09. The number of halogens is 3. The average Bonchev–Trinajstić information content (AvgIpc) is 2.07. The second-order valence-corrected chi connectivity index (χ2v) is 6.02. The Morgan fingerprint density at radius 3 is 2.43 bits per heavy atom. The van der Waals surface area contributed by atoms with Gasteiger partial charge in [0.1, 0.15) is 11.0 Å². The molecule has 1 rings (SSSR count). The van der Waals surface area contributed by atoms with Gasteiger partial charge in [-0.1, -0.05) is 11.6 Å². The predicted molar refractivity (Wildman–Crippen MR) is 56.9 cm³/mol. The highest BCUT2D eigenvalue weighted by molar-refractivity contribution is 9.10. The summed E-state index contributed by atoms with van der Waals surface area (Å²) in [5, 5.41) is 8.57. The summed E-state index contributed by atoms with van der Waals surface area (Å²) in [4.78, 5) is -0.363. The average molecular weight is 315 g/mol. The minimum absolute atomic E-state index is 0.0757. The largest absolute Gasteiger partial charge is 0.264 e. The van der Waals surface area contributed by atoms with Gasteiger partial charge < -0.3 is 0 Å². The molecule has 0 bridgehead atoms. The summed E-state index contributed by atoms with van der Waals surface area (Å²) in [5.74, 6) is 0. The van der Waals surface area contributed by atoms with Crippen LogP contribution in [0.1, 0.15) is 5.56 Å². The Hall–Kier alpha value is -0.280. The van der Waals surface area contributed by atoms with E-state index in [2.05, 4.69) is 15.9 Å². The lowest BCUT2D eigenvalue weighted by Gasteiger charge is -2.03. The molecule has 0 fully saturated rings. The molecule has 0 spiro atoms. The van der Waals surface area contributed by atoms with Crippen LogP contribution in [0.2, 0.25) is 5.02 Å². The highest BCUT2D eigenvalue weighted by Gasteiger charge is 2.21. The highest BCUT2D eigenvalue weighted by Crippen LogP contribution is 2.33. The van der Waals surface area contributed by atoms with Crippen LogP contribution < -0.4 is 0 Å². The van der Waals surface area contributed by atoms with Crippen molar-refractivity contribution in [2.75, 3.05) is 0 Å². The molecular weight excluding hydrogens is 313 g/mol. The molecule has 0 aliphatic rings. The molecule has 0 aromatic heterocycles. The van der Waals surface area contributed by atoms with Crippen molar-refractivity contribution in [2.45, 2.75) is 4.90 Å². The molecule has 0 saturated heterocycles. The molecule has 0 unspecified atom stereocenters. The Morgan fingerprint density at radius 2 is 2.00 bits per heavy atom. The van der Waals surface area contributed by atoms with Gasteiger partial charge in [-0.25, -0.2) is 8.42 Å². The van der Waals surface area contributed by atoms with E-state index >= 15 is 0 Å². The number of nitrogens with zero attached hydrogens (tertiary/aromatic N) is 1. The third-order valence-electron chi connectivity index (χ3n) is 1.41. The summed E-state index contributed by atoms with van der Waals surface area (Å²) >= 11 is 8.74. The quantitative estimate of drug-likeness (QED) is 0.749. The lowest BCUT2D eigenvalue weighted by atomic mass is 10.2. The number of rotatable bonds is 1. The first kappa shape index (κ1) is 11.8. The maximum absolute atomic E-state index is 11.1. The van der Waals surface area contributed by atoms with E-state index in [1.165, 1.54) is 12.1 Å². The van der Waals surface area contributed by atoms with Crippen molar-refractivity contribution in [3.05, 3.63) is 27.2 Å². The van der Waals surface area contributed by atoms with E-state index in [4.69, 9.17) is 27.5 Å². The number of hydrogen-bond acceptors (Lipinski definition) is 3. The van der Waals surface area contributed by atoms with Crippen LogP contribution in [0.3, 0.4) is 0 Å². The molecule has 0 saturated carbocycles. The molecule has 0 heterocycles. The standard InChI is InChI=1S/C7H2BrCl2NO2S/c8-5-2-1-4(3-11)7(6(5)9)14(10,12)13/h1-2H. The van der Waals surface area contributed by atoms with Crippen molar-refractivity contribution < 1.29 is 8.42 Å². The van der Waals surface area contributed by atoms with Gasteiger partial charge in [-0.15, -0.1) is 0 Å². The maximum Gasteiger partial charge on any atom is 0.264 e. The molecule has 0 aliphatic carbocycles. The second kappa shape index (κ2) is 4.07. The van der Waals surface area contributed by atoms with Crippen molar-refractivity contribution in [3.63, 3.8) is 0 Å². The highest BCUT2D eigenvalue weighted by atomic mass is 79.9. The van der Waals surface area contributed by atoms with Crippen LogP contribution in [-0.2, 0) is 9.05 Å². The van der Waals surface area contributed by atoms with Gasteiger partial charge in [-0.2, -0.15) is 5.26 Å². The van der Waals surface area contributed by atoms with Crippen molar-refractivity contribution in [2.24, 2.45) is 0 Å². The van der Waals surface area contributed by atoms with Crippen LogP contribution in [0.15, 0.2) is 21.5 Å². The van der Waals surface area contributed by atoms with Crippen LogP contribution in [0.5, 0.6) is 0 Å². The van der Waals surface area contributed by atoms with Crippen LogP contribution in [0.4, 0.5) is 0 Å². The zero-order chi connectivity index (χ0) is 10.9. The summed E-state index contributed by atoms with van der Waals surface area (Å²) in [7, 11) is 1.12. The van der Waals surface area contributed by atoms with E-state index in [0.29, 0.717) is 4.47 Å². The van der Waals surface area contributed by atoms with Crippen LogP contribution in [0.25, 0.3) is 0 Å². The van der Waals surface area contributed by atoms with Crippen molar-refractivity contribution >= 4 is 47.3 Å². The van der Waals surface area contributed by atoms with Gasteiger partial charge in [0.25, 0.3) is 9.05 Å². The number of nitriles is 1. The molecule has 0 N–H and O–H groups in total. The minimum atomic E-state index is -4.01. The zero-order valence-electron chi connectivity index (χ0n) is 6.46. The molecule has 0 radical (unpaired) electrons. The van der Waals surface area contributed by atoms with E-state index in [1.807, 2.05) is 0 Å². The van der Waals surface area contributed by atoms with Gasteiger partial charge in [0.15, 0.2) is 0 Å². The van der Waals surface area contributed by atoms with Gasteiger partial charge in [0.05, 0.1) is 10.6 Å². The molecule has 0 atom stereocenters. The van der Waals surface area contributed by atoms with Crippen molar-refractivity contribution in [1.29, 1.82) is 5.26 Å². The van der Waals surface area contributed by atoms with Crippen molar-refractivity contribution in [1.82, 2.24) is 0 Å². The summed E-state index contributed by atoms with van der Waals surface area (Å²) < 4.78 is 22.6. The van der Waals surface area contributed by atoms with E-state index in [9.17, 15) is 8.42 Å². The summed E-state index contributed by atoms with van der Waals surface area (Å²) in [6.45, 7) is 0. The molecule has 0 aliphatic heterocycles. The Bertz CT molecular complexity index is 521. The number of hydrogen-bond donors (Lipinski definition) is 0. The molecule has 3 nitrogen and oxygen atoms in total. The molecule has 7 heteroatoms. The summed E-state index contributed by atoms with van der Waals surface area (Å²) in [6, 6.07) is 4.50. The van der Waals surface area contributed by atoms with Crippen LogP contribution in [-0.4, -0.2) is 8.42 Å². The maximum atomic E-state index is 11.1. The van der Waals surface area contributed by atoms with Crippen LogP contribution in [0, 0.1) is 11.3 Å². The van der Waals surface area contributed by atoms with E-state index in [1.54, 1.807) is 6.07 Å². The smallest absolute Gasteiger partial charge is 0.207 e. The fraction of sp³-hybridized carbons (Fsp3) is 0. The van der Waals surface area contributed by atoms with Gasteiger partial charge >= 0.3 is 0 Å². The molecular formula is C7H2BrCl2NO2S. The molecule has 14 heavy (non-hydrogen) atoms. The second-order valence-electron chi connectivity index (χ2n) is 2.29. The lowest BCUT2D eigenvalue weighted by Crippen LogP contribution is -1.96. The minimum Gasteiger partial charge on any atom is -0.207 e. The van der Waals surface area contributed by atoms with Gasteiger partial charge in [-0.3, -0.25) is 0 Å². The zero-order valence-corrected chi connectivity index (χ0v) is 10.4. The van der Waals surface area contributed by atoms with E-state index in [-0.39, 0.29) is 15.5 Å². The first-order valence-corrected chi connectivity index (χ1v) is 6.68. The summed E-state index contributed by atoms with van der Waals surface area (Å²) in [6.07, 6.45) is 0. The van der Waals surface area contributed by atoms with Crippen molar-refractivity contribution in [3.8, 4) is 6.07 Å². The molecule has 1 aromatic rings. The SMILES string of the molecule is N#Cc1ccc(Br)c(Cl)c1S(=O)(=O)Cl. The lowest BCUT2D eigenvalue weighted by molar-refractivity contribution is 0.609. The van der Waals surface area contributed by atoms with E-state index in [0.717, 1.165) is 0 Å². The topological polar surface area (TPSA) is 57.9 Å². The first-order valence-electron chi connectivity index (χ1n) is 3.20. The normalized spacial score (nSPS) is 11.0. The molecule has 0 amide bonds. The van der Waals surface area contributed by atoms with Gasteiger partial charge in [0.2, 0.25) is 0 Å². The van der Waals surface area contributed by atoms with Crippen LogP contribution >= 0.6 is 38.2 Å². The predicted octanol–water partition coefficient (Wildman–Crippen LogP) is 2.90. The fourth-order valence-electron chi connectivity index (χ4n) is 0.858. The van der Waals surface area contributed by atoms with Gasteiger partial charge in [-0.05, 0) is 28.1 Å². The Labute approximate surface area is 98.8 Å². The van der Waals surface area contributed by atoms with Gasteiger partial charge in [0, 0.05) is 15.2 Å². The molecule has 1 aromatic carbocycles.